The van der Waals surface area contributed by atoms with Crippen LogP contribution in [0.2, 0.25) is 5.02 Å². The first-order valence-electron chi connectivity index (χ1n) is 8.47. The lowest BCUT2D eigenvalue weighted by atomic mass is 9.99. The minimum atomic E-state index is 0.289. The zero-order chi connectivity index (χ0) is 17.9. The first-order valence-corrected chi connectivity index (χ1v) is 8.85. The Hall–Kier alpha value is -2.63. The van der Waals surface area contributed by atoms with Crippen LogP contribution in [-0.2, 0) is 6.54 Å². The molecule has 0 radical (unpaired) electrons. The van der Waals surface area contributed by atoms with Crippen molar-refractivity contribution in [2.45, 2.75) is 13.0 Å². The van der Waals surface area contributed by atoms with Crippen LogP contribution < -0.4 is 0 Å². The summed E-state index contributed by atoms with van der Waals surface area (Å²) < 4.78 is 5.78. The molecule has 132 valence electrons. The number of hydrogen-bond acceptors (Lipinski definition) is 5. The summed E-state index contributed by atoms with van der Waals surface area (Å²) in [7, 11) is 0. The molecule has 1 aliphatic heterocycles. The molecule has 0 aliphatic carbocycles. The van der Waals surface area contributed by atoms with Gasteiger partial charge in [-0.1, -0.05) is 41.9 Å². The van der Waals surface area contributed by atoms with Gasteiger partial charge in [0.05, 0.1) is 17.1 Å². The molecule has 0 fully saturated rings. The van der Waals surface area contributed by atoms with E-state index in [2.05, 4.69) is 21.2 Å². The van der Waals surface area contributed by atoms with E-state index in [1.54, 1.807) is 18.2 Å². The Kier molecular flexibility index (Phi) is 4.73. The molecule has 0 atom stereocenters. The molecule has 0 saturated heterocycles. The van der Waals surface area contributed by atoms with Gasteiger partial charge in [0.15, 0.2) is 0 Å². The zero-order valence-corrected chi connectivity index (χ0v) is 14.9. The minimum Gasteiger partial charge on any atom is -0.508 e. The fourth-order valence-corrected chi connectivity index (χ4v) is 3.26. The van der Waals surface area contributed by atoms with Crippen molar-refractivity contribution in [2.75, 3.05) is 13.1 Å². The summed E-state index contributed by atoms with van der Waals surface area (Å²) in [4.78, 5) is 2.26. The molecule has 1 aliphatic rings. The molecule has 5 nitrogen and oxygen atoms in total. The number of benzene rings is 2. The van der Waals surface area contributed by atoms with Gasteiger partial charge in [0.1, 0.15) is 5.75 Å². The van der Waals surface area contributed by atoms with Gasteiger partial charge in [0.25, 0.3) is 0 Å². The normalized spacial score (nSPS) is 15.0. The number of phenols is 1. The highest BCUT2D eigenvalue weighted by Gasteiger charge is 2.17. The van der Waals surface area contributed by atoms with Gasteiger partial charge in [0, 0.05) is 13.1 Å². The van der Waals surface area contributed by atoms with Crippen LogP contribution in [0.15, 0.2) is 59.0 Å². The van der Waals surface area contributed by atoms with Crippen molar-refractivity contribution in [3.63, 3.8) is 0 Å². The highest BCUT2D eigenvalue weighted by molar-refractivity contribution is 6.33. The van der Waals surface area contributed by atoms with Crippen LogP contribution in [0.1, 0.15) is 17.9 Å². The summed E-state index contributed by atoms with van der Waals surface area (Å²) >= 11 is 6.18. The summed E-state index contributed by atoms with van der Waals surface area (Å²) in [6.07, 6.45) is 3.15. The Balaban J connectivity index is 1.42. The summed E-state index contributed by atoms with van der Waals surface area (Å²) in [6.45, 7) is 2.34. The van der Waals surface area contributed by atoms with E-state index < -0.39 is 0 Å². The predicted octanol–water partition coefficient (Wildman–Crippen LogP) is 4.38. The quantitative estimate of drug-likeness (QED) is 0.741. The van der Waals surface area contributed by atoms with Gasteiger partial charge >= 0.3 is 0 Å². The van der Waals surface area contributed by atoms with Crippen LogP contribution in [0.4, 0.5) is 0 Å². The van der Waals surface area contributed by atoms with E-state index in [0.29, 0.717) is 23.3 Å². The molecule has 3 aromatic rings. The molecule has 1 N–H and O–H groups in total. The highest BCUT2D eigenvalue weighted by Crippen LogP contribution is 2.27. The van der Waals surface area contributed by atoms with E-state index in [9.17, 15) is 5.11 Å². The van der Waals surface area contributed by atoms with Crippen LogP contribution in [0.25, 0.3) is 17.0 Å². The maximum atomic E-state index is 9.40. The Morgan fingerprint density at radius 2 is 1.88 bits per heavy atom. The topological polar surface area (TPSA) is 62.4 Å². The van der Waals surface area contributed by atoms with E-state index >= 15 is 0 Å². The molecular weight excluding hydrogens is 350 g/mol. The maximum Gasteiger partial charge on any atom is 0.249 e. The average molecular weight is 368 g/mol. The molecule has 0 unspecified atom stereocenters. The van der Waals surface area contributed by atoms with Crippen LogP contribution in [0, 0.1) is 0 Å². The molecule has 2 aromatic carbocycles. The number of phenolic OH excluding ortho intramolecular Hbond substituents is 1. The zero-order valence-electron chi connectivity index (χ0n) is 14.1. The summed E-state index contributed by atoms with van der Waals surface area (Å²) in [6, 6.07) is 14.8. The monoisotopic (exact) mass is 367 g/mol. The van der Waals surface area contributed by atoms with Crippen molar-refractivity contribution < 1.29 is 9.52 Å². The first-order chi connectivity index (χ1) is 12.7. The Morgan fingerprint density at radius 1 is 1.08 bits per heavy atom. The SMILES string of the molecule is Oc1ccc(C2=CCN(Cc3nnc(-c4ccccc4Cl)o3)CC2)cc1. The smallest absolute Gasteiger partial charge is 0.249 e. The number of hydrogen-bond donors (Lipinski definition) is 1. The lowest BCUT2D eigenvalue weighted by Gasteiger charge is -2.25. The van der Waals surface area contributed by atoms with E-state index in [-0.39, 0.29) is 5.75 Å². The van der Waals surface area contributed by atoms with Crippen molar-refractivity contribution in [3.05, 3.63) is 71.1 Å². The lowest BCUT2D eigenvalue weighted by Crippen LogP contribution is -2.28. The van der Waals surface area contributed by atoms with Crippen LogP contribution in [0.3, 0.4) is 0 Å². The second kappa shape index (κ2) is 7.32. The van der Waals surface area contributed by atoms with Crippen LogP contribution >= 0.6 is 11.6 Å². The van der Waals surface area contributed by atoms with Crippen molar-refractivity contribution in [3.8, 4) is 17.2 Å². The van der Waals surface area contributed by atoms with Crippen molar-refractivity contribution in [1.82, 2.24) is 15.1 Å². The maximum absolute atomic E-state index is 9.40. The molecule has 0 saturated carbocycles. The molecule has 26 heavy (non-hydrogen) atoms. The largest absolute Gasteiger partial charge is 0.508 e. The van der Waals surface area contributed by atoms with E-state index in [4.69, 9.17) is 16.0 Å². The summed E-state index contributed by atoms with van der Waals surface area (Å²) in [5.74, 6) is 1.32. The van der Waals surface area contributed by atoms with Crippen molar-refractivity contribution in [1.29, 1.82) is 0 Å². The van der Waals surface area contributed by atoms with Crippen molar-refractivity contribution >= 4 is 17.2 Å². The molecule has 6 heteroatoms. The second-order valence-corrected chi connectivity index (χ2v) is 6.65. The van der Waals surface area contributed by atoms with Crippen LogP contribution in [-0.4, -0.2) is 33.3 Å². The molecular formula is C20H18ClN3O2. The van der Waals surface area contributed by atoms with Gasteiger partial charge in [-0.15, -0.1) is 10.2 Å². The van der Waals surface area contributed by atoms with E-state index in [1.165, 1.54) is 5.57 Å². The minimum absolute atomic E-state index is 0.289. The fourth-order valence-electron chi connectivity index (χ4n) is 3.04. The number of halogens is 1. The molecule has 0 bridgehead atoms. The predicted molar refractivity (Wildman–Crippen MR) is 101 cm³/mol. The molecule has 0 spiro atoms. The third kappa shape index (κ3) is 3.64. The van der Waals surface area contributed by atoms with Gasteiger partial charge in [-0.25, -0.2) is 0 Å². The highest BCUT2D eigenvalue weighted by atomic mass is 35.5. The third-order valence-electron chi connectivity index (χ3n) is 4.46. The molecule has 4 rings (SSSR count). The number of rotatable bonds is 4. The van der Waals surface area contributed by atoms with Gasteiger partial charge in [-0.05, 0) is 41.8 Å². The molecule has 1 aromatic heterocycles. The second-order valence-electron chi connectivity index (χ2n) is 6.24. The Morgan fingerprint density at radius 3 is 2.62 bits per heavy atom. The third-order valence-corrected chi connectivity index (χ3v) is 4.79. The number of nitrogens with zero attached hydrogens (tertiary/aromatic N) is 3. The summed E-state index contributed by atoms with van der Waals surface area (Å²) in [5, 5.41) is 18.3. The van der Waals surface area contributed by atoms with Crippen LogP contribution in [0.5, 0.6) is 5.75 Å². The molecule has 2 heterocycles. The van der Waals surface area contributed by atoms with Gasteiger partial charge in [0.2, 0.25) is 11.8 Å². The van der Waals surface area contributed by atoms with Crippen molar-refractivity contribution in [2.24, 2.45) is 0 Å². The Bertz CT molecular complexity index is 934. The average Bonchev–Trinajstić information content (AvgIpc) is 3.12. The van der Waals surface area contributed by atoms with E-state index in [0.717, 1.165) is 30.6 Å². The standard InChI is InChI=1S/C20H18ClN3O2/c21-18-4-2-1-3-17(18)20-23-22-19(26-20)13-24-11-9-15(10-12-24)14-5-7-16(25)8-6-14/h1-9,25H,10-13H2. The fraction of sp³-hybridized carbons (Fsp3) is 0.200. The Labute approximate surface area is 156 Å². The summed E-state index contributed by atoms with van der Waals surface area (Å²) in [5.41, 5.74) is 3.20. The van der Waals surface area contributed by atoms with Gasteiger partial charge in [-0.2, -0.15) is 0 Å². The number of aromatic nitrogens is 2. The number of aromatic hydroxyl groups is 1. The first kappa shape index (κ1) is 16.8. The van der Waals surface area contributed by atoms with E-state index in [1.807, 2.05) is 30.3 Å². The molecule has 0 amide bonds. The lowest BCUT2D eigenvalue weighted by molar-refractivity contribution is 0.263. The van der Waals surface area contributed by atoms with Gasteiger partial charge < -0.3 is 9.52 Å². The van der Waals surface area contributed by atoms with Gasteiger partial charge in [-0.3, -0.25) is 4.90 Å².